The minimum absolute atomic E-state index is 0. The van der Waals surface area contributed by atoms with Gasteiger partial charge in [0.05, 0.1) is 0 Å². The van der Waals surface area contributed by atoms with Gasteiger partial charge in [0.1, 0.15) is 29.6 Å². The topological polar surface area (TPSA) is 0 Å². The van der Waals surface area contributed by atoms with Gasteiger partial charge in [-0.05, 0) is 0 Å². The largest absolute Gasteiger partial charge is 1.00 e. The second-order valence-corrected chi connectivity index (χ2v) is 24.3. The van der Waals surface area contributed by atoms with Crippen LogP contribution >= 0.6 is 23.2 Å². The van der Waals surface area contributed by atoms with Crippen molar-refractivity contribution in [1.82, 2.24) is 0 Å². The van der Waals surface area contributed by atoms with E-state index in [9.17, 15) is 0 Å². The van der Waals surface area contributed by atoms with Crippen LogP contribution in [0.3, 0.4) is 0 Å². The van der Waals surface area contributed by atoms with Crippen LogP contribution < -0.4 is 18.9 Å². The molecule has 0 N–H and O–H groups in total. The van der Waals surface area contributed by atoms with Gasteiger partial charge in [-0.1, -0.05) is 76.7 Å². The van der Waals surface area contributed by atoms with Gasteiger partial charge in [-0.25, -0.2) is 0 Å². The van der Waals surface area contributed by atoms with E-state index >= 15 is 0 Å². The van der Waals surface area contributed by atoms with Gasteiger partial charge in [0, 0.05) is 0 Å². The summed E-state index contributed by atoms with van der Waals surface area (Å²) in [4.78, 5) is 0.296. The van der Waals surface area contributed by atoms with Gasteiger partial charge in [0.2, 0.25) is 0 Å². The first kappa shape index (κ1) is 26.7. The van der Waals surface area contributed by atoms with E-state index in [4.69, 9.17) is 23.2 Å². The maximum atomic E-state index is 6.02. The first-order chi connectivity index (χ1) is 10.0. The predicted molar refractivity (Wildman–Crippen MR) is 115 cm³/mol. The molecule has 0 aromatic carbocycles. The van der Waals surface area contributed by atoms with Crippen molar-refractivity contribution in [3.8, 4) is 34.4 Å². The van der Waals surface area contributed by atoms with E-state index < -0.39 is 29.6 Å². The molecule has 0 aliphatic rings. The Morgan fingerprint density at radius 2 is 0.917 bits per heavy atom. The van der Waals surface area contributed by atoms with Crippen molar-refractivity contribution < 1.29 is 18.9 Å². The summed E-state index contributed by atoms with van der Waals surface area (Å²) in [7, 11) is -4.61. The summed E-state index contributed by atoms with van der Waals surface area (Å²) >= 11 is 12.0. The quantitative estimate of drug-likeness (QED) is 0.375. The molecule has 0 bridgehead atoms. The normalized spacial score (nSPS) is 12.0. The first-order valence-electron chi connectivity index (χ1n) is 7.84. The molecule has 6 heteroatoms. The Bertz CT molecular complexity index is 510. The molecular weight excluding hydrogens is 378 g/mol. The van der Waals surface area contributed by atoms with Crippen molar-refractivity contribution in [3.05, 3.63) is 4.84 Å². The van der Waals surface area contributed by atoms with E-state index in [-0.39, 0.29) is 18.9 Å². The monoisotopic (exact) mass is 406 g/mol. The average Bonchev–Trinajstić information content (AvgIpc) is 2.27. The van der Waals surface area contributed by atoms with Crippen molar-refractivity contribution in [2.75, 3.05) is 0 Å². The zero-order valence-corrected chi connectivity index (χ0v) is 21.5. The van der Waals surface area contributed by atoms with Gasteiger partial charge in [0.15, 0.2) is 0 Å². The van der Waals surface area contributed by atoms with Crippen LogP contribution in [0.5, 0.6) is 0 Å². The third kappa shape index (κ3) is 14.8. The molecule has 0 rings (SSSR count). The molecule has 128 valence electrons. The Balaban J connectivity index is 0. The number of halogens is 2. The molecule has 0 spiro atoms. The standard InChI is InChI=1S/C18H29Cl2Si3.Li/c1-21(2,3)13-10-18(16-17(19)20,11-14-22(4,5)6)12-15-23(7,8)9;/h16H2,1-9H3;/q-1;+1. The number of hydrogen-bond donors (Lipinski definition) is 0. The maximum Gasteiger partial charge on any atom is 1.00 e. The van der Waals surface area contributed by atoms with Gasteiger partial charge < -0.3 is 23.2 Å². The minimum atomic E-state index is -1.54. The van der Waals surface area contributed by atoms with Crippen LogP contribution in [0.25, 0.3) is 0 Å². The summed E-state index contributed by atoms with van der Waals surface area (Å²) in [5.41, 5.74) is 9.54. The van der Waals surface area contributed by atoms with Crippen LogP contribution in [0, 0.1) is 44.6 Å². The summed E-state index contributed by atoms with van der Waals surface area (Å²) in [6, 6.07) is 0. The van der Waals surface area contributed by atoms with Crippen LogP contribution in [-0.2, 0) is 0 Å². The Hall–Kier alpha value is 0.508. The fourth-order valence-corrected chi connectivity index (χ4v) is 3.48. The van der Waals surface area contributed by atoms with Crippen molar-refractivity contribution in [2.45, 2.75) is 65.3 Å². The van der Waals surface area contributed by atoms with Gasteiger partial charge in [-0.15, -0.1) is 27.9 Å². The average molecular weight is 408 g/mol. The van der Waals surface area contributed by atoms with Gasteiger partial charge in [-0.3, -0.25) is 0 Å². The van der Waals surface area contributed by atoms with E-state index in [1.165, 1.54) is 0 Å². The van der Waals surface area contributed by atoms with Gasteiger partial charge >= 0.3 is 18.9 Å². The second-order valence-electron chi connectivity index (χ2n) is 8.92. The molecule has 0 atom stereocenters. The van der Waals surface area contributed by atoms with E-state index in [0.717, 1.165) is 0 Å². The van der Waals surface area contributed by atoms with E-state index in [0.29, 0.717) is 11.3 Å². The molecular formula is C18H29Cl2LiSi3. The summed E-state index contributed by atoms with van der Waals surface area (Å²) in [5.74, 6) is 10.1. The van der Waals surface area contributed by atoms with Crippen LogP contribution in [0.1, 0.15) is 6.42 Å². The Labute approximate surface area is 175 Å². The minimum Gasteiger partial charge on any atom is -0.329 e. The van der Waals surface area contributed by atoms with Crippen molar-refractivity contribution in [2.24, 2.45) is 5.41 Å². The molecule has 0 nitrogen and oxygen atoms in total. The molecule has 0 aliphatic heterocycles. The molecule has 0 aromatic rings. The molecule has 0 aromatic heterocycles. The molecule has 0 amide bonds. The van der Waals surface area contributed by atoms with Crippen LogP contribution in [0.15, 0.2) is 0 Å². The zero-order chi connectivity index (χ0) is 18.5. The second kappa shape index (κ2) is 10.0. The fourth-order valence-electron chi connectivity index (χ4n) is 1.31. The molecule has 0 fully saturated rings. The van der Waals surface area contributed by atoms with Gasteiger partial charge in [0.25, 0.3) is 0 Å². The van der Waals surface area contributed by atoms with Crippen molar-refractivity contribution in [3.63, 3.8) is 0 Å². The van der Waals surface area contributed by atoms with Crippen molar-refractivity contribution >= 4 is 47.4 Å². The predicted octanol–water partition coefficient (Wildman–Crippen LogP) is 2.98. The first-order valence-corrected chi connectivity index (χ1v) is 19.1. The third-order valence-corrected chi connectivity index (χ3v) is 5.24. The van der Waals surface area contributed by atoms with Crippen LogP contribution in [0.2, 0.25) is 58.9 Å². The third-order valence-electron chi connectivity index (χ3n) is 2.35. The van der Waals surface area contributed by atoms with E-state index in [1.54, 1.807) is 0 Å². The number of hydrogen-bond acceptors (Lipinski definition) is 0. The van der Waals surface area contributed by atoms with E-state index in [1.807, 2.05) is 0 Å². The zero-order valence-electron chi connectivity index (χ0n) is 17.0. The van der Waals surface area contributed by atoms with Crippen LogP contribution in [-0.4, -0.2) is 24.2 Å². The van der Waals surface area contributed by atoms with Crippen molar-refractivity contribution in [1.29, 1.82) is 0 Å². The Kier molecular flexibility index (Phi) is 11.1. The molecule has 0 unspecified atom stereocenters. The molecule has 0 saturated carbocycles. The molecule has 0 saturated heterocycles. The van der Waals surface area contributed by atoms with Gasteiger partial charge in [-0.2, -0.15) is 0 Å². The van der Waals surface area contributed by atoms with Crippen LogP contribution in [0.4, 0.5) is 0 Å². The number of rotatable bonds is 2. The maximum absolute atomic E-state index is 6.02. The summed E-state index contributed by atoms with van der Waals surface area (Å²) < 4.78 is 0. The Morgan fingerprint density at radius 1 is 0.667 bits per heavy atom. The molecule has 24 heavy (non-hydrogen) atoms. The van der Waals surface area contributed by atoms with E-state index in [2.05, 4.69) is 93.3 Å². The molecule has 0 radical (unpaired) electrons. The fraction of sp³-hybridized carbons (Fsp3) is 0.611. The molecule has 0 aliphatic carbocycles. The smallest absolute Gasteiger partial charge is 0.329 e. The molecule has 0 heterocycles. The SMILES string of the molecule is C[Si](C)(C)C#CC(C#C[Si](C)(C)C)(C#C[Si](C)(C)C)C[C-](Cl)Cl.[Li+]. The summed E-state index contributed by atoms with van der Waals surface area (Å²) in [5, 5.41) is 0. The summed E-state index contributed by atoms with van der Waals surface area (Å²) in [6.45, 7) is 20.0. The summed E-state index contributed by atoms with van der Waals surface area (Å²) in [6.07, 6.45) is 0.391. The Morgan fingerprint density at radius 3 is 1.08 bits per heavy atom.